The molecule has 0 saturated carbocycles. The van der Waals surface area contributed by atoms with E-state index in [2.05, 4.69) is 21.8 Å². The molecule has 5 nitrogen and oxygen atoms in total. The number of aromatic amines is 2. The molecule has 1 aromatic heterocycles. The minimum atomic E-state index is -0.434. The van der Waals surface area contributed by atoms with Crippen molar-refractivity contribution in [2.45, 2.75) is 19.8 Å². The third-order valence-corrected chi connectivity index (χ3v) is 2.87. The van der Waals surface area contributed by atoms with Gasteiger partial charge in [-0.1, -0.05) is 6.92 Å². The Morgan fingerprint density at radius 3 is 2.53 bits per heavy atom. The van der Waals surface area contributed by atoms with E-state index in [1.54, 1.807) is 0 Å². The van der Waals surface area contributed by atoms with Gasteiger partial charge in [-0.25, -0.2) is 4.79 Å². The molecule has 2 heterocycles. The Bertz CT molecular complexity index is 412. The quantitative estimate of drug-likeness (QED) is 0.699. The van der Waals surface area contributed by atoms with E-state index in [-0.39, 0.29) is 5.56 Å². The summed E-state index contributed by atoms with van der Waals surface area (Å²) >= 11 is 0. The molecule has 5 heteroatoms. The van der Waals surface area contributed by atoms with Gasteiger partial charge in [0.25, 0.3) is 5.56 Å². The summed E-state index contributed by atoms with van der Waals surface area (Å²) in [7, 11) is 0. The van der Waals surface area contributed by atoms with E-state index in [4.69, 9.17) is 0 Å². The van der Waals surface area contributed by atoms with Crippen molar-refractivity contribution in [1.82, 2.24) is 9.97 Å². The van der Waals surface area contributed by atoms with E-state index in [1.165, 1.54) is 6.07 Å². The van der Waals surface area contributed by atoms with Gasteiger partial charge in [-0.2, -0.15) is 0 Å². The summed E-state index contributed by atoms with van der Waals surface area (Å²) in [5.74, 6) is 1.37. The minimum Gasteiger partial charge on any atom is -0.358 e. The van der Waals surface area contributed by atoms with E-state index >= 15 is 0 Å². The van der Waals surface area contributed by atoms with Crippen LogP contribution in [0.3, 0.4) is 0 Å². The Hall–Kier alpha value is -1.52. The molecule has 15 heavy (non-hydrogen) atoms. The standard InChI is InChI=1S/C10H15N3O2/c1-7-2-4-13(5-3-7)8-6-9(14)12-10(15)11-8/h6-7H,2-5H2,1H3,(H2,11,12,14,15). The summed E-state index contributed by atoms with van der Waals surface area (Å²) in [6.45, 7) is 4.03. The molecule has 0 spiro atoms. The van der Waals surface area contributed by atoms with Crippen LogP contribution in [0, 0.1) is 5.92 Å². The van der Waals surface area contributed by atoms with Gasteiger partial charge >= 0.3 is 5.69 Å². The molecular formula is C10H15N3O2. The second kappa shape index (κ2) is 3.92. The first-order chi connectivity index (χ1) is 7.15. The number of hydrogen-bond donors (Lipinski definition) is 2. The molecule has 1 saturated heterocycles. The van der Waals surface area contributed by atoms with Crippen LogP contribution >= 0.6 is 0 Å². The van der Waals surface area contributed by atoms with Crippen LogP contribution < -0.4 is 16.1 Å². The summed E-state index contributed by atoms with van der Waals surface area (Å²) in [5, 5.41) is 0. The largest absolute Gasteiger partial charge is 0.358 e. The number of aromatic nitrogens is 2. The maximum Gasteiger partial charge on any atom is 0.327 e. The molecule has 2 N–H and O–H groups in total. The van der Waals surface area contributed by atoms with Gasteiger partial charge in [0.2, 0.25) is 0 Å². The van der Waals surface area contributed by atoms with Gasteiger partial charge in [0.15, 0.2) is 0 Å². The van der Waals surface area contributed by atoms with E-state index in [0.29, 0.717) is 5.82 Å². The van der Waals surface area contributed by atoms with Gasteiger partial charge in [-0.15, -0.1) is 0 Å². The normalized spacial score (nSPS) is 18.1. The molecule has 1 fully saturated rings. The lowest BCUT2D eigenvalue weighted by Gasteiger charge is -2.31. The average molecular weight is 209 g/mol. The first-order valence-corrected chi connectivity index (χ1v) is 5.24. The number of piperidine rings is 1. The van der Waals surface area contributed by atoms with Crippen LogP contribution in [0.25, 0.3) is 0 Å². The van der Waals surface area contributed by atoms with Crippen LogP contribution in [0.1, 0.15) is 19.8 Å². The van der Waals surface area contributed by atoms with Gasteiger partial charge < -0.3 is 4.90 Å². The highest BCUT2D eigenvalue weighted by Crippen LogP contribution is 2.19. The van der Waals surface area contributed by atoms with Crippen molar-refractivity contribution in [2.24, 2.45) is 5.92 Å². The highest BCUT2D eigenvalue weighted by atomic mass is 16.2. The summed E-state index contributed by atoms with van der Waals surface area (Å²) < 4.78 is 0. The van der Waals surface area contributed by atoms with Crippen LogP contribution in [0.15, 0.2) is 15.7 Å². The van der Waals surface area contributed by atoms with Crippen molar-refractivity contribution in [1.29, 1.82) is 0 Å². The molecule has 0 aliphatic carbocycles. The van der Waals surface area contributed by atoms with Gasteiger partial charge in [-0.05, 0) is 18.8 Å². The summed E-state index contributed by atoms with van der Waals surface area (Å²) in [6.07, 6.45) is 2.21. The highest BCUT2D eigenvalue weighted by Gasteiger charge is 2.16. The van der Waals surface area contributed by atoms with Crippen molar-refractivity contribution in [2.75, 3.05) is 18.0 Å². The Kier molecular flexibility index (Phi) is 2.62. The third-order valence-electron chi connectivity index (χ3n) is 2.87. The zero-order chi connectivity index (χ0) is 10.8. The van der Waals surface area contributed by atoms with Crippen molar-refractivity contribution in [3.63, 3.8) is 0 Å². The number of nitrogens with zero attached hydrogens (tertiary/aromatic N) is 1. The molecule has 0 radical (unpaired) electrons. The van der Waals surface area contributed by atoms with E-state index in [1.807, 2.05) is 0 Å². The molecule has 0 amide bonds. The van der Waals surface area contributed by atoms with Gasteiger partial charge in [0.1, 0.15) is 5.82 Å². The Balaban J connectivity index is 2.22. The Morgan fingerprint density at radius 2 is 1.93 bits per heavy atom. The van der Waals surface area contributed by atoms with Crippen LogP contribution in [-0.4, -0.2) is 23.1 Å². The summed E-state index contributed by atoms with van der Waals surface area (Å²) in [4.78, 5) is 29.1. The van der Waals surface area contributed by atoms with Gasteiger partial charge in [0.05, 0.1) is 0 Å². The number of anilines is 1. The van der Waals surface area contributed by atoms with E-state index < -0.39 is 5.69 Å². The topological polar surface area (TPSA) is 69.0 Å². The predicted octanol–water partition coefficient (Wildman–Crippen LogP) is 0.299. The second-order valence-corrected chi connectivity index (χ2v) is 4.14. The summed E-state index contributed by atoms with van der Waals surface area (Å²) in [6, 6.07) is 1.44. The fraction of sp³-hybridized carbons (Fsp3) is 0.600. The molecule has 0 unspecified atom stereocenters. The van der Waals surface area contributed by atoms with Crippen molar-refractivity contribution >= 4 is 5.82 Å². The molecule has 82 valence electrons. The SMILES string of the molecule is CC1CCN(c2cc(=O)[nH]c(=O)[nH]2)CC1. The lowest BCUT2D eigenvalue weighted by Crippen LogP contribution is -2.36. The molecule has 1 aromatic rings. The molecule has 2 rings (SSSR count). The Morgan fingerprint density at radius 1 is 1.27 bits per heavy atom. The molecule has 0 aromatic carbocycles. The smallest absolute Gasteiger partial charge is 0.327 e. The summed E-state index contributed by atoms with van der Waals surface area (Å²) in [5.41, 5.74) is -0.775. The first-order valence-electron chi connectivity index (χ1n) is 5.24. The number of hydrogen-bond acceptors (Lipinski definition) is 3. The number of rotatable bonds is 1. The zero-order valence-electron chi connectivity index (χ0n) is 8.75. The van der Waals surface area contributed by atoms with Crippen LogP contribution in [0.2, 0.25) is 0 Å². The fourth-order valence-corrected chi connectivity index (χ4v) is 1.88. The van der Waals surface area contributed by atoms with Crippen molar-refractivity contribution in [3.05, 3.63) is 26.9 Å². The average Bonchev–Trinajstić information content (AvgIpc) is 2.17. The first kappa shape index (κ1) is 10.0. The predicted molar refractivity (Wildman–Crippen MR) is 58.3 cm³/mol. The molecule has 0 bridgehead atoms. The molecule has 1 aliphatic heterocycles. The fourth-order valence-electron chi connectivity index (χ4n) is 1.88. The van der Waals surface area contributed by atoms with Crippen molar-refractivity contribution in [3.8, 4) is 0 Å². The second-order valence-electron chi connectivity index (χ2n) is 4.14. The van der Waals surface area contributed by atoms with E-state index in [9.17, 15) is 9.59 Å². The number of nitrogens with one attached hydrogen (secondary N) is 2. The zero-order valence-corrected chi connectivity index (χ0v) is 8.75. The minimum absolute atomic E-state index is 0.340. The van der Waals surface area contributed by atoms with Gasteiger partial charge in [-0.3, -0.25) is 14.8 Å². The van der Waals surface area contributed by atoms with Crippen molar-refractivity contribution < 1.29 is 0 Å². The Labute approximate surface area is 87.1 Å². The van der Waals surface area contributed by atoms with Crippen LogP contribution in [0.5, 0.6) is 0 Å². The van der Waals surface area contributed by atoms with Gasteiger partial charge in [0, 0.05) is 19.2 Å². The van der Waals surface area contributed by atoms with E-state index in [0.717, 1.165) is 31.8 Å². The maximum absolute atomic E-state index is 11.1. The molecule has 1 aliphatic rings. The maximum atomic E-state index is 11.1. The lowest BCUT2D eigenvalue weighted by molar-refractivity contribution is 0.436. The lowest BCUT2D eigenvalue weighted by atomic mass is 9.99. The van der Waals surface area contributed by atoms with Crippen LogP contribution in [-0.2, 0) is 0 Å². The number of H-pyrrole nitrogens is 2. The highest BCUT2D eigenvalue weighted by molar-refractivity contribution is 5.36. The molecular weight excluding hydrogens is 194 g/mol. The monoisotopic (exact) mass is 209 g/mol. The molecule has 0 atom stereocenters. The third kappa shape index (κ3) is 2.29. The van der Waals surface area contributed by atoms with Crippen LogP contribution in [0.4, 0.5) is 5.82 Å².